The monoisotopic (exact) mass is 418 g/mol. The van der Waals surface area contributed by atoms with Gasteiger partial charge in [-0.15, -0.1) is 23.4 Å². The van der Waals surface area contributed by atoms with Gasteiger partial charge in [0.15, 0.2) is 5.69 Å². The SMILES string of the molecule is O=C(c1nn(C2CN(CCCl)C2)c2c1CSc1ccccc1-2)N1CCOCC1. The maximum absolute atomic E-state index is 13.3. The Hall–Kier alpha value is -1.54. The van der Waals surface area contributed by atoms with Gasteiger partial charge in [-0.25, -0.2) is 0 Å². The van der Waals surface area contributed by atoms with Gasteiger partial charge >= 0.3 is 0 Å². The summed E-state index contributed by atoms with van der Waals surface area (Å²) in [6.07, 6.45) is 0. The first-order valence-electron chi connectivity index (χ1n) is 9.75. The highest BCUT2D eigenvalue weighted by molar-refractivity contribution is 7.98. The zero-order valence-corrected chi connectivity index (χ0v) is 17.2. The molecule has 2 aromatic rings. The number of alkyl halides is 1. The average molecular weight is 419 g/mol. The van der Waals surface area contributed by atoms with Crippen LogP contribution in [0.5, 0.6) is 0 Å². The second-order valence-corrected chi connectivity index (χ2v) is 8.81. The first-order valence-corrected chi connectivity index (χ1v) is 11.3. The third kappa shape index (κ3) is 3.14. The summed E-state index contributed by atoms with van der Waals surface area (Å²) in [7, 11) is 0. The van der Waals surface area contributed by atoms with Gasteiger partial charge in [0.25, 0.3) is 5.91 Å². The summed E-state index contributed by atoms with van der Waals surface area (Å²) in [5.74, 6) is 1.47. The van der Waals surface area contributed by atoms with E-state index in [1.807, 2.05) is 4.90 Å². The molecule has 28 heavy (non-hydrogen) atoms. The van der Waals surface area contributed by atoms with Crippen LogP contribution >= 0.6 is 23.4 Å². The highest BCUT2D eigenvalue weighted by Crippen LogP contribution is 2.44. The molecular weight excluding hydrogens is 396 g/mol. The molecule has 1 amide bonds. The molecule has 0 unspecified atom stereocenters. The van der Waals surface area contributed by atoms with Crippen LogP contribution in [0.2, 0.25) is 0 Å². The summed E-state index contributed by atoms with van der Waals surface area (Å²) < 4.78 is 7.53. The number of nitrogens with zero attached hydrogens (tertiary/aromatic N) is 4. The Morgan fingerprint density at radius 2 is 2.04 bits per heavy atom. The van der Waals surface area contributed by atoms with Gasteiger partial charge in [-0.05, 0) is 6.07 Å². The van der Waals surface area contributed by atoms with Crippen molar-refractivity contribution in [3.05, 3.63) is 35.5 Å². The van der Waals surface area contributed by atoms with E-state index in [1.165, 1.54) is 10.5 Å². The van der Waals surface area contributed by atoms with E-state index in [9.17, 15) is 4.79 Å². The van der Waals surface area contributed by atoms with Crippen LogP contribution in [-0.4, -0.2) is 77.3 Å². The zero-order valence-electron chi connectivity index (χ0n) is 15.6. The second-order valence-electron chi connectivity index (χ2n) is 7.41. The molecule has 0 bridgehead atoms. The Balaban J connectivity index is 1.54. The summed E-state index contributed by atoms with van der Waals surface area (Å²) >= 11 is 7.68. The smallest absolute Gasteiger partial charge is 0.274 e. The molecule has 4 heterocycles. The van der Waals surface area contributed by atoms with Crippen molar-refractivity contribution < 1.29 is 9.53 Å². The number of halogens is 1. The van der Waals surface area contributed by atoms with Crippen LogP contribution in [0, 0.1) is 0 Å². The van der Waals surface area contributed by atoms with E-state index < -0.39 is 0 Å². The Morgan fingerprint density at radius 1 is 1.25 bits per heavy atom. The lowest BCUT2D eigenvalue weighted by Gasteiger charge is -2.39. The maximum atomic E-state index is 13.3. The third-order valence-electron chi connectivity index (χ3n) is 5.71. The Bertz CT molecular complexity index is 890. The number of likely N-dealkylation sites (tertiary alicyclic amines) is 1. The summed E-state index contributed by atoms with van der Waals surface area (Å²) in [4.78, 5) is 18.7. The van der Waals surface area contributed by atoms with E-state index in [0.717, 1.165) is 36.6 Å². The normalized spacial score (nSPS) is 19.8. The Morgan fingerprint density at radius 3 is 2.82 bits per heavy atom. The highest BCUT2D eigenvalue weighted by Gasteiger charge is 2.36. The molecule has 0 saturated carbocycles. The number of ether oxygens (including phenoxy) is 1. The number of carbonyl (C=O) groups excluding carboxylic acids is 1. The number of thioether (sulfide) groups is 1. The number of amides is 1. The molecule has 0 radical (unpaired) electrons. The summed E-state index contributed by atoms with van der Waals surface area (Å²) in [5, 5.41) is 4.89. The minimum atomic E-state index is 0.0372. The van der Waals surface area contributed by atoms with Crippen LogP contribution in [0.4, 0.5) is 0 Å². The molecule has 3 aliphatic rings. The fourth-order valence-electron chi connectivity index (χ4n) is 4.18. The molecule has 6 nitrogen and oxygen atoms in total. The minimum Gasteiger partial charge on any atom is -0.378 e. The van der Waals surface area contributed by atoms with Crippen LogP contribution in [0.25, 0.3) is 11.3 Å². The van der Waals surface area contributed by atoms with Crippen molar-refractivity contribution in [1.29, 1.82) is 0 Å². The molecular formula is C20H23ClN4O2S. The lowest BCUT2D eigenvalue weighted by Crippen LogP contribution is -2.49. The number of hydrogen-bond donors (Lipinski definition) is 0. The van der Waals surface area contributed by atoms with E-state index in [-0.39, 0.29) is 5.91 Å². The van der Waals surface area contributed by atoms with Crippen molar-refractivity contribution >= 4 is 29.3 Å². The number of morpholine rings is 1. The van der Waals surface area contributed by atoms with Crippen LogP contribution in [0.1, 0.15) is 22.1 Å². The number of benzene rings is 1. The van der Waals surface area contributed by atoms with Crippen LogP contribution < -0.4 is 0 Å². The van der Waals surface area contributed by atoms with Crippen molar-refractivity contribution in [2.75, 3.05) is 51.8 Å². The molecule has 2 saturated heterocycles. The van der Waals surface area contributed by atoms with Crippen LogP contribution in [0.3, 0.4) is 0 Å². The Labute approximate surface area is 173 Å². The largest absolute Gasteiger partial charge is 0.378 e. The lowest BCUT2D eigenvalue weighted by molar-refractivity contribution is 0.0296. The maximum Gasteiger partial charge on any atom is 0.274 e. The molecule has 0 N–H and O–H groups in total. The molecule has 0 atom stereocenters. The van der Waals surface area contributed by atoms with E-state index in [0.29, 0.717) is 43.9 Å². The second kappa shape index (κ2) is 7.71. The number of aromatic nitrogens is 2. The average Bonchev–Trinajstić information content (AvgIpc) is 3.10. The van der Waals surface area contributed by atoms with Crippen molar-refractivity contribution in [3.63, 3.8) is 0 Å². The van der Waals surface area contributed by atoms with Gasteiger partial charge in [-0.1, -0.05) is 18.2 Å². The van der Waals surface area contributed by atoms with Crippen molar-refractivity contribution in [2.45, 2.75) is 16.7 Å². The molecule has 1 aromatic carbocycles. The van der Waals surface area contributed by atoms with Gasteiger partial charge in [0.1, 0.15) is 0 Å². The van der Waals surface area contributed by atoms with Gasteiger partial charge in [-0.2, -0.15) is 5.10 Å². The molecule has 2 fully saturated rings. The molecule has 148 valence electrons. The van der Waals surface area contributed by atoms with Gasteiger partial charge in [0, 0.05) is 60.4 Å². The number of carbonyl (C=O) groups is 1. The van der Waals surface area contributed by atoms with Crippen LogP contribution in [-0.2, 0) is 10.5 Å². The first-order chi connectivity index (χ1) is 13.8. The van der Waals surface area contributed by atoms with E-state index >= 15 is 0 Å². The fourth-order valence-corrected chi connectivity index (χ4v) is 5.49. The van der Waals surface area contributed by atoms with Gasteiger partial charge < -0.3 is 9.64 Å². The standard InChI is InChI=1S/C20H23ClN4O2S/c21-5-6-23-11-14(12-23)25-19-15-3-1-2-4-17(15)28-13-16(19)18(22-25)20(26)24-7-9-27-10-8-24/h1-4,14H,5-13H2. The predicted octanol–water partition coefficient (Wildman–Crippen LogP) is 2.72. The van der Waals surface area contributed by atoms with Crippen molar-refractivity contribution in [3.8, 4) is 11.3 Å². The summed E-state index contributed by atoms with van der Waals surface area (Å²) in [6.45, 7) is 5.23. The van der Waals surface area contributed by atoms with Gasteiger partial charge in [0.2, 0.25) is 0 Å². The van der Waals surface area contributed by atoms with E-state index in [2.05, 4.69) is 33.8 Å². The van der Waals surface area contributed by atoms with Gasteiger partial charge in [0.05, 0.1) is 24.9 Å². The van der Waals surface area contributed by atoms with E-state index in [1.54, 1.807) is 11.8 Å². The summed E-state index contributed by atoms with van der Waals surface area (Å²) in [5.41, 5.74) is 4.02. The van der Waals surface area contributed by atoms with Crippen molar-refractivity contribution in [1.82, 2.24) is 19.6 Å². The van der Waals surface area contributed by atoms with Crippen molar-refractivity contribution in [2.24, 2.45) is 0 Å². The molecule has 3 aliphatic heterocycles. The molecule has 5 rings (SSSR count). The topological polar surface area (TPSA) is 50.6 Å². The molecule has 8 heteroatoms. The van der Waals surface area contributed by atoms with Gasteiger partial charge in [-0.3, -0.25) is 14.4 Å². The molecule has 0 aliphatic carbocycles. The number of hydrogen-bond acceptors (Lipinski definition) is 5. The zero-order chi connectivity index (χ0) is 19.1. The Kier molecular flexibility index (Phi) is 5.09. The van der Waals surface area contributed by atoms with Crippen LogP contribution in [0.15, 0.2) is 29.2 Å². The lowest BCUT2D eigenvalue weighted by atomic mass is 10.0. The number of rotatable bonds is 4. The number of fused-ring (bicyclic) bond motifs is 3. The predicted molar refractivity (Wildman–Crippen MR) is 110 cm³/mol. The minimum absolute atomic E-state index is 0.0372. The van der Waals surface area contributed by atoms with E-state index in [4.69, 9.17) is 21.4 Å². The third-order valence-corrected chi connectivity index (χ3v) is 6.98. The molecule has 0 spiro atoms. The quantitative estimate of drug-likeness (QED) is 0.714. The first kappa shape index (κ1) is 18.5. The summed E-state index contributed by atoms with van der Waals surface area (Å²) in [6, 6.07) is 8.74. The fraction of sp³-hybridized carbons (Fsp3) is 0.500. The molecule has 1 aromatic heterocycles. The highest BCUT2D eigenvalue weighted by atomic mass is 35.5.